The third kappa shape index (κ3) is 3.49. The second-order valence-electron chi connectivity index (χ2n) is 6.69. The predicted molar refractivity (Wildman–Crippen MR) is 103 cm³/mol. The van der Waals surface area contributed by atoms with Gasteiger partial charge in [0.15, 0.2) is 0 Å². The van der Waals surface area contributed by atoms with Crippen molar-refractivity contribution in [3.05, 3.63) is 40.7 Å². The minimum atomic E-state index is -0.983. The van der Waals surface area contributed by atoms with Crippen LogP contribution < -0.4 is 16.4 Å². The van der Waals surface area contributed by atoms with Gasteiger partial charge in [-0.25, -0.2) is 4.98 Å². The summed E-state index contributed by atoms with van der Waals surface area (Å²) in [4.78, 5) is 54.7. The van der Waals surface area contributed by atoms with Crippen molar-refractivity contribution in [3.8, 4) is 0 Å². The minimum Gasteiger partial charge on any atom is -0.356 e. The highest BCUT2D eigenvalue weighted by atomic mass is 32.1. The molecule has 2 aliphatic rings. The van der Waals surface area contributed by atoms with Crippen LogP contribution in [-0.4, -0.2) is 50.5 Å². The first-order valence-electron chi connectivity index (χ1n) is 9.09. The summed E-state index contributed by atoms with van der Waals surface area (Å²) in [6, 6.07) is 4.01. The van der Waals surface area contributed by atoms with Crippen molar-refractivity contribution in [2.75, 3.05) is 11.9 Å². The van der Waals surface area contributed by atoms with Crippen LogP contribution in [0.3, 0.4) is 0 Å². The molecule has 1 aromatic heterocycles. The van der Waals surface area contributed by atoms with Crippen LogP contribution in [-0.2, 0) is 22.6 Å². The van der Waals surface area contributed by atoms with E-state index < -0.39 is 29.7 Å². The first-order chi connectivity index (χ1) is 14.0. The maximum atomic E-state index is 13.0. The van der Waals surface area contributed by atoms with Crippen LogP contribution in [0.4, 0.5) is 5.13 Å². The number of benzene rings is 1. The number of anilines is 1. The van der Waals surface area contributed by atoms with Gasteiger partial charge in [-0.15, -0.1) is 0 Å². The van der Waals surface area contributed by atoms with Gasteiger partial charge in [-0.05, 0) is 24.6 Å². The minimum absolute atomic E-state index is 0.0837. The van der Waals surface area contributed by atoms with Crippen molar-refractivity contribution in [2.45, 2.75) is 31.8 Å². The zero-order chi connectivity index (χ0) is 20.5. The molecule has 0 radical (unpaired) electrons. The lowest BCUT2D eigenvalue weighted by Gasteiger charge is -2.27. The number of nitrogens with zero attached hydrogens (tertiary/aromatic N) is 3. The van der Waals surface area contributed by atoms with Gasteiger partial charge in [-0.1, -0.05) is 12.1 Å². The quantitative estimate of drug-likeness (QED) is 0.562. The average molecular weight is 414 g/mol. The smallest absolute Gasteiger partial charge is 0.262 e. The first kappa shape index (κ1) is 19.2. The van der Waals surface area contributed by atoms with E-state index in [1.54, 1.807) is 18.2 Å². The topological polar surface area (TPSA) is 147 Å². The molecule has 1 aromatic carbocycles. The Bertz CT molecular complexity index is 1020. The Kier molecular flexibility index (Phi) is 5.07. The number of fused-ring (bicyclic) bond motifs is 1. The van der Waals surface area contributed by atoms with Crippen molar-refractivity contribution in [1.29, 1.82) is 0 Å². The molecule has 11 heteroatoms. The molecule has 1 unspecified atom stereocenters. The molecule has 4 rings (SSSR count). The normalized spacial score (nSPS) is 18.8. The summed E-state index contributed by atoms with van der Waals surface area (Å²) in [5.74, 6) is -1.44. The van der Waals surface area contributed by atoms with E-state index in [0.717, 1.165) is 4.90 Å². The molecule has 0 saturated carbocycles. The second-order valence-corrected chi connectivity index (χ2v) is 7.45. The molecule has 150 valence electrons. The number of imide groups is 2. The van der Waals surface area contributed by atoms with E-state index in [2.05, 4.69) is 20.0 Å². The molecule has 1 atom stereocenters. The second kappa shape index (κ2) is 7.68. The van der Waals surface area contributed by atoms with Gasteiger partial charge >= 0.3 is 0 Å². The van der Waals surface area contributed by atoms with E-state index in [4.69, 9.17) is 5.73 Å². The molecule has 1 saturated heterocycles. The summed E-state index contributed by atoms with van der Waals surface area (Å²) in [5, 5.41) is 5.89. The highest BCUT2D eigenvalue weighted by Gasteiger charge is 2.45. The summed E-state index contributed by atoms with van der Waals surface area (Å²) >= 11 is 1.19. The van der Waals surface area contributed by atoms with Gasteiger partial charge in [0.05, 0.1) is 11.1 Å². The number of hydrogen-bond acceptors (Lipinski definition) is 9. The van der Waals surface area contributed by atoms with Crippen molar-refractivity contribution >= 4 is 40.3 Å². The third-order valence-electron chi connectivity index (χ3n) is 4.82. The maximum Gasteiger partial charge on any atom is 0.262 e. The molecule has 0 aliphatic carbocycles. The van der Waals surface area contributed by atoms with E-state index in [1.165, 1.54) is 11.5 Å². The van der Waals surface area contributed by atoms with Crippen molar-refractivity contribution in [2.24, 2.45) is 5.73 Å². The molecule has 4 amide bonds. The summed E-state index contributed by atoms with van der Waals surface area (Å²) in [5.41, 5.74) is 6.63. The lowest BCUT2D eigenvalue weighted by molar-refractivity contribution is -0.136. The van der Waals surface area contributed by atoms with Gasteiger partial charge in [-0.2, -0.15) is 4.37 Å². The Morgan fingerprint density at radius 3 is 2.83 bits per heavy atom. The van der Waals surface area contributed by atoms with Gasteiger partial charge in [0.1, 0.15) is 11.9 Å². The maximum absolute atomic E-state index is 13.0. The molecule has 2 aliphatic heterocycles. The van der Waals surface area contributed by atoms with Crippen molar-refractivity contribution in [1.82, 2.24) is 19.6 Å². The Morgan fingerprint density at radius 2 is 2.07 bits per heavy atom. The van der Waals surface area contributed by atoms with E-state index >= 15 is 0 Å². The monoisotopic (exact) mass is 414 g/mol. The average Bonchev–Trinajstić information content (AvgIpc) is 3.24. The number of carbonyl (C=O) groups is 4. The van der Waals surface area contributed by atoms with Gasteiger partial charge < -0.3 is 11.1 Å². The van der Waals surface area contributed by atoms with Crippen LogP contribution >= 0.6 is 11.5 Å². The standard InChI is InChI=1S/C18H18N6O4S/c19-7-6-12-21-18(29-23-12)20-8-9-2-1-3-10-14(9)17(28)24(16(10)27)11-4-5-13(25)22-15(11)26/h1-3,11H,4-8,19H2,(H,20,21,23)(H,22,25,26). The number of rotatable bonds is 6. The van der Waals surface area contributed by atoms with Crippen LogP contribution in [0.25, 0.3) is 0 Å². The number of nitrogens with two attached hydrogens (primary N) is 1. The van der Waals surface area contributed by atoms with Crippen molar-refractivity contribution < 1.29 is 19.2 Å². The number of hydrogen-bond donors (Lipinski definition) is 3. The molecule has 1 fully saturated rings. The van der Waals surface area contributed by atoms with E-state index in [9.17, 15) is 19.2 Å². The Morgan fingerprint density at radius 1 is 1.24 bits per heavy atom. The van der Waals surface area contributed by atoms with Gasteiger partial charge in [0.2, 0.25) is 16.9 Å². The molecule has 0 bridgehead atoms. The fourth-order valence-corrected chi connectivity index (χ4v) is 4.07. The lowest BCUT2D eigenvalue weighted by Crippen LogP contribution is -2.54. The van der Waals surface area contributed by atoms with Crippen LogP contribution in [0.2, 0.25) is 0 Å². The largest absolute Gasteiger partial charge is 0.356 e. The van der Waals surface area contributed by atoms with Gasteiger partial charge in [0, 0.05) is 30.9 Å². The van der Waals surface area contributed by atoms with Crippen LogP contribution in [0, 0.1) is 0 Å². The number of carbonyl (C=O) groups excluding carboxylic acids is 4. The highest BCUT2D eigenvalue weighted by Crippen LogP contribution is 2.30. The predicted octanol–water partition coefficient (Wildman–Crippen LogP) is 0.0526. The molecule has 0 spiro atoms. The van der Waals surface area contributed by atoms with E-state index in [1.807, 2.05) is 0 Å². The molecular weight excluding hydrogens is 396 g/mol. The summed E-state index contributed by atoms with van der Waals surface area (Å²) < 4.78 is 4.19. The molecule has 4 N–H and O–H groups in total. The molecule has 2 aromatic rings. The van der Waals surface area contributed by atoms with Crippen LogP contribution in [0.15, 0.2) is 18.2 Å². The number of piperidine rings is 1. The fourth-order valence-electron chi connectivity index (χ4n) is 3.46. The number of aromatic nitrogens is 2. The molecular formula is C18H18N6O4S. The summed E-state index contributed by atoms with van der Waals surface area (Å²) in [7, 11) is 0. The lowest BCUT2D eigenvalue weighted by atomic mass is 10.0. The van der Waals surface area contributed by atoms with E-state index in [-0.39, 0.29) is 30.5 Å². The Hall–Kier alpha value is -3.18. The SMILES string of the molecule is NCCc1nsc(NCc2cccc3c2C(=O)N(C2CCC(=O)NC2=O)C3=O)n1. The zero-order valence-corrected chi connectivity index (χ0v) is 16.1. The van der Waals surface area contributed by atoms with Crippen LogP contribution in [0.1, 0.15) is 44.9 Å². The molecule has 3 heterocycles. The Balaban J connectivity index is 1.56. The third-order valence-corrected chi connectivity index (χ3v) is 5.53. The highest BCUT2D eigenvalue weighted by molar-refractivity contribution is 7.09. The zero-order valence-electron chi connectivity index (χ0n) is 15.3. The summed E-state index contributed by atoms with van der Waals surface area (Å²) in [6.45, 7) is 0.720. The first-order valence-corrected chi connectivity index (χ1v) is 9.87. The van der Waals surface area contributed by atoms with Gasteiger partial charge in [0.25, 0.3) is 11.8 Å². The Labute approximate surface area is 169 Å². The van der Waals surface area contributed by atoms with E-state index in [0.29, 0.717) is 29.5 Å². The summed E-state index contributed by atoms with van der Waals surface area (Å²) in [6.07, 6.45) is 0.783. The van der Waals surface area contributed by atoms with Crippen molar-refractivity contribution in [3.63, 3.8) is 0 Å². The number of nitrogens with one attached hydrogen (secondary N) is 2. The fraction of sp³-hybridized carbons (Fsp3) is 0.333. The van der Waals surface area contributed by atoms with Crippen LogP contribution in [0.5, 0.6) is 0 Å². The van der Waals surface area contributed by atoms with Gasteiger partial charge in [-0.3, -0.25) is 29.4 Å². The molecule has 10 nitrogen and oxygen atoms in total. The number of amides is 4. The molecule has 29 heavy (non-hydrogen) atoms.